The average Bonchev–Trinajstić information content (AvgIpc) is 3.10. The number of rotatable bonds is 6. The molecule has 8 nitrogen and oxygen atoms in total. The highest BCUT2D eigenvalue weighted by Crippen LogP contribution is 2.22. The number of carbonyl (C=O) groups is 2. The number of nitrogens with zero attached hydrogens (tertiary/aromatic N) is 5. The van der Waals surface area contributed by atoms with Crippen LogP contribution in [0.2, 0.25) is 0 Å². The van der Waals surface area contributed by atoms with E-state index < -0.39 is 30.2 Å². The normalized spacial score (nSPS) is 11.2. The first-order chi connectivity index (χ1) is 14.2. The zero-order valence-corrected chi connectivity index (χ0v) is 15.8. The van der Waals surface area contributed by atoms with E-state index in [-0.39, 0.29) is 17.8 Å². The Kier molecular flexibility index (Phi) is 6.09. The van der Waals surface area contributed by atoms with Crippen LogP contribution in [-0.2, 0) is 13.1 Å². The van der Waals surface area contributed by atoms with E-state index in [1.54, 1.807) is 30.3 Å². The second-order valence-corrected chi connectivity index (χ2v) is 6.41. The fraction of sp³-hybridized carbons (Fsp3) is 0.211. The molecule has 0 aliphatic heterocycles. The van der Waals surface area contributed by atoms with Gasteiger partial charge in [0.15, 0.2) is 0 Å². The highest BCUT2D eigenvalue weighted by molar-refractivity contribution is 6.11. The molecule has 156 valence electrons. The number of alkyl halides is 3. The van der Waals surface area contributed by atoms with Crippen molar-refractivity contribution < 1.29 is 22.8 Å². The van der Waals surface area contributed by atoms with Crippen molar-refractivity contribution in [3.05, 3.63) is 71.8 Å². The summed E-state index contributed by atoms with van der Waals surface area (Å²) in [4.78, 5) is 26.9. The molecule has 0 fully saturated rings. The van der Waals surface area contributed by atoms with Crippen LogP contribution in [-0.4, -0.2) is 49.9 Å². The minimum absolute atomic E-state index is 0.145. The van der Waals surface area contributed by atoms with Gasteiger partial charge in [-0.1, -0.05) is 30.3 Å². The largest absolute Gasteiger partial charge is 0.408 e. The van der Waals surface area contributed by atoms with E-state index in [1.807, 2.05) is 0 Å². The number of aromatic nitrogens is 4. The lowest BCUT2D eigenvalue weighted by molar-refractivity contribution is -0.142. The molecule has 0 aliphatic carbocycles. The Morgan fingerprint density at radius 2 is 1.83 bits per heavy atom. The van der Waals surface area contributed by atoms with Crippen molar-refractivity contribution in [2.45, 2.75) is 19.3 Å². The molecule has 2 aromatic heterocycles. The predicted octanol–water partition coefficient (Wildman–Crippen LogP) is 2.76. The van der Waals surface area contributed by atoms with Gasteiger partial charge in [0, 0.05) is 13.6 Å². The zero-order chi connectivity index (χ0) is 21.7. The smallest absolute Gasteiger partial charge is 0.336 e. The molecule has 3 rings (SSSR count). The highest BCUT2D eigenvalue weighted by atomic mass is 19.4. The lowest BCUT2D eigenvalue weighted by Gasteiger charge is -2.19. The van der Waals surface area contributed by atoms with Crippen LogP contribution in [0, 0.1) is 0 Å². The molecular weight excluding hydrogens is 401 g/mol. The Morgan fingerprint density at radius 3 is 2.47 bits per heavy atom. The van der Waals surface area contributed by atoms with Crippen LogP contribution < -0.4 is 5.32 Å². The molecule has 1 aromatic carbocycles. The summed E-state index contributed by atoms with van der Waals surface area (Å²) < 4.78 is 39.5. The number of nitrogens with one attached hydrogen (secondary N) is 1. The number of hydrogen-bond donors (Lipinski definition) is 1. The topological polar surface area (TPSA) is 93.0 Å². The summed E-state index contributed by atoms with van der Waals surface area (Å²) >= 11 is 0. The monoisotopic (exact) mass is 418 g/mol. The lowest BCUT2D eigenvalue weighted by Crippen LogP contribution is -2.32. The molecular formula is C19H17F3N6O2. The maximum absolute atomic E-state index is 13.0. The van der Waals surface area contributed by atoms with Crippen molar-refractivity contribution >= 4 is 17.5 Å². The second-order valence-electron chi connectivity index (χ2n) is 6.41. The molecule has 0 saturated heterocycles. The highest BCUT2D eigenvalue weighted by Gasteiger charge is 2.34. The van der Waals surface area contributed by atoms with Crippen molar-refractivity contribution in [2.75, 3.05) is 12.4 Å². The van der Waals surface area contributed by atoms with E-state index in [9.17, 15) is 22.8 Å². The molecule has 30 heavy (non-hydrogen) atoms. The molecule has 0 atom stereocenters. The van der Waals surface area contributed by atoms with E-state index in [0.29, 0.717) is 4.68 Å². The van der Waals surface area contributed by atoms with Crippen molar-refractivity contribution in [2.24, 2.45) is 0 Å². The van der Waals surface area contributed by atoms with Crippen LogP contribution in [0.4, 0.5) is 18.9 Å². The van der Waals surface area contributed by atoms with Crippen LogP contribution in [0.15, 0.2) is 55.0 Å². The van der Waals surface area contributed by atoms with Gasteiger partial charge in [-0.3, -0.25) is 9.59 Å². The Morgan fingerprint density at radius 1 is 1.10 bits per heavy atom. The number of benzene rings is 1. The van der Waals surface area contributed by atoms with Crippen molar-refractivity contribution in [1.82, 2.24) is 24.9 Å². The van der Waals surface area contributed by atoms with Crippen LogP contribution in [0.5, 0.6) is 0 Å². The van der Waals surface area contributed by atoms with Gasteiger partial charge < -0.3 is 10.2 Å². The third-order valence-electron chi connectivity index (χ3n) is 4.07. The van der Waals surface area contributed by atoms with Gasteiger partial charge in [-0.05, 0) is 11.6 Å². The SMILES string of the molecule is CN(Cc1ccccc1)C(=O)c1c(C(=O)Nc2ccnnc2)cnn1CC(F)(F)F. The van der Waals surface area contributed by atoms with Crippen molar-refractivity contribution in [3.63, 3.8) is 0 Å². The van der Waals surface area contributed by atoms with E-state index in [0.717, 1.165) is 11.8 Å². The number of anilines is 1. The molecule has 0 saturated carbocycles. The maximum Gasteiger partial charge on any atom is 0.408 e. The van der Waals surface area contributed by atoms with Gasteiger partial charge in [-0.25, -0.2) is 4.68 Å². The quantitative estimate of drug-likeness (QED) is 0.665. The van der Waals surface area contributed by atoms with E-state index in [2.05, 4.69) is 20.6 Å². The summed E-state index contributed by atoms with van der Waals surface area (Å²) in [5, 5.41) is 13.3. The standard InChI is InChI=1S/C19H17F3N6O2/c1-27(11-13-5-3-2-4-6-13)18(30)16-15(10-25-28(16)12-19(20,21)22)17(29)26-14-7-8-23-24-9-14/h2-10H,11-12H2,1H3,(H,23,26,29). The van der Waals surface area contributed by atoms with E-state index in [4.69, 9.17) is 0 Å². The summed E-state index contributed by atoms with van der Waals surface area (Å²) in [6.45, 7) is -1.36. The Balaban J connectivity index is 1.91. The summed E-state index contributed by atoms with van der Waals surface area (Å²) in [5.41, 5.74) is 0.324. The number of halogens is 3. The van der Waals surface area contributed by atoms with Crippen LogP contribution in [0.1, 0.15) is 26.4 Å². The van der Waals surface area contributed by atoms with Gasteiger partial charge in [0.2, 0.25) is 0 Å². The number of carbonyl (C=O) groups excluding carboxylic acids is 2. The molecule has 0 spiro atoms. The van der Waals surface area contributed by atoms with E-state index in [1.165, 1.54) is 30.4 Å². The molecule has 3 aromatic rings. The minimum atomic E-state index is -4.62. The number of amides is 2. The third-order valence-corrected chi connectivity index (χ3v) is 4.07. The summed E-state index contributed by atoms with van der Waals surface area (Å²) in [6.07, 6.45) is -1.08. The van der Waals surface area contributed by atoms with Crippen LogP contribution >= 0.6 is 0 Å². The molecule has 0 radical (unpaired) electrons. The minimum Gasteiger partial charge on any atom is -0.336 e. The predicted molar refractivity (Wildman–Crippen MR) is 101 cm³/mol. The van der Waals surface area contributed by atoms with Gasteiger partial charge in [0.25, 0.3) is 11.8 Å². The lowest BCUT2D eigenvalue weighted by atomic mass is 10.1. The molecule has 0 unspecified atom stereocenters. The maximum atomic E-state index is 13.0. The Labute approximate surface area is 169 Å². The van der Waals surface area contributed by atoms with Gasteiger partial charge in [0.1, 0.15) is 12.2 Å². The molecule has 2 amide bonds. The first-order valence-corrected chi connectivity index (χ1v) is 8.74. The van der Waals surface area contributed by atoms with E-state index >= 15 is 0 Å². The van der Waals surface area contributed by atoms with Crippen molar-refractivity contribution in [1.29, 1.82) is 0 Å². The average molecular weight is 418 g/mol. The zero-order valence-electron chi connectivity index (χ0n) is 15.8. The molecule has 0 aliphatic rings. The second kappa shape index (κ2) is 8.72. The Bertz CT molecular complexity index is 1020. The van der Waals surface area contributed by atoms with Gasteiger partial charge in [0.05, 0.1) is 29.8 Å². The molecule has 2 heterocycles. The fourth-order valence-corrected chi connectivity index (χ4v) is 2.74. The third kappa shape index (κ3) is 5.19. The summed E-state index contributed by atoms with van der Waals surface area (Å²) in [6, 6.07) is 10.4. The van der Waals surface area contributed by atoms with Crippen LogP contribution in [0.25, 0.3) is 0 Å². The summed E-state index contributed by atoms with van der Waals surface area (Å²) in [7, 11) is 1.44. The molecule has 0 bridgehead atoms. The molecule has 1 N–H and O–H groups in total. The number of hydrogen-bond acceptors (Lipinski definition) is 5. The van der Waals surface area contributed by atoms with Gasteiger partial charge in [-0.2, -0.15) is 28.5 Å². The van der Waals surface area contributed by atoms with Crippen molar-refractivity contribution in [3.8, 4) is 0 Å². The van der Waals surface area contributed by atoms with Gasteiger partial charge in [-0.15, -0.1) is 0 Å². The first kappa shape index (κ1) is 21.0. The molecule has 11 heteroatoms. The Hall–Kier alpha value is -3.76. The summed E-state index contributed by atoms with van der Waals surface area (Å²) in [5.74, 6) is -1.55. The fourth-order valence-electron chi connectivity index (χ4n) is 2.74. The van der Waals surface area contributed by atoms with Gasteiger partial charge >= 0.3 is 6.18 Å². The first-order valence-electron chi connectivity index (χ1n) is 8.74. The van der Waals surface area contributed by atoms with Crippen LogP contribution in [0.3, 0.4) is 0 Å².